The molecule has 2 atom stereocenters. The van der Waals surface area contributed by atoms with Gasteiger partial charge in [0.15, 0.2) is 0 Å². The number of hydrogen-bond acceptors (Lipinski definition) is 4. The minimum atomic E-state index is -0.638. The molecule has 0 aromatic rings. The highest BCUT2D eigenvalue weighted by molar-refractivity contribution is 6.01. The van der Waals surface area contributed by atoms with Gasteiger partial charge in [-0.3, -0.25) is 4.79 Å². The molecule has 0 aromatic carbocycles. The Hall–Kier alpha value is -1.40. The van der Waals surface area contributed by atoms with Crippen LogP contribution in [0.5, 0.6) is 0 Å². The molecule has 0 radical (unpaired) electrons. The van der Waals surface area contributed by atoms with Gasteiger partial charge >= 0.3 is 0 Å². The van der Waals surface area contributed by atoms with Crippen LogP contribution < -0.4 is 16.8 Å². The summed E-state index contributed by atoms with van der Waals surface area (Å²) in [7, 11) is 0. The average Bonchev–Trinajstić information content (AvgIpc) is 2.46. The van der Waals surface area contributed by atoms with E-state index in [4.69, 9.17) is 11.5 Å². The molecule has 2 unspecified atom stereocenters. The summed E-state index contributed by atoms with van der Waals surface area (Å²) in [4.78, 5) is 15.4. The normalized spacial score (nSPS) is 16.3. The van der Waals surface area contributed by atoms with E-state index in [1.54, 1.807) is 0 Å². The summed E-state index contributed by atoms with van der Waals surface area (Å²) in [6, 6.07) is -0.892. The summed E-state index contributed by atoms with van der Waals surface area (Å²) < 4.78 is 0. The number of nitrogens with one attached hydrogen (secondary N) is 1. The lowest BCUT2D eigenvalue weighted by Crippen LogP contribution is -2.32. The number of aliphatic hydroxyl groups is 1. The number of amides is 1. The maximum Gasteiger partial charge on any atom is 0.264 e. The highest BCUT2D eigenvalue weighted by Crippen LogP contribution is 2.23. The number of aliphatic imine (C=N–C) groups is 1. The molecule has 0 heterocycles. The third kappa shape index (κ3) is 9.36. The standard InChI is InChI=1S/C17H34N4O2/c1-6-8-13(18)16(23)21-15(19)11-14(22)12(3)20-10-9-17(4,5)7-2/h11-13,20,22H,6-10,18H2,1-5H3,(H2,19,21,23)/b14-11-. The number of amidine groups is 1. The number of rotatable bonds is 10. The van der Waals surface area contributed by atoms with Gasteiger partial charge in [-0.05, 0) is 31.7 Å². The van der Waals surface area contributed by atoms with E-state index in [1.807, 2.05) is 13.8 Å². The second kappa shape index (κ2) is 10.4. The first-order chi connectivity index (χ1) is 10.6. The second-order valence-corrected chi connectivity index (χ2v) is 6.78. The SMILES string of the molecule is CCCC(N)C(=O)N=C(N)/C=C(\O)C(C)NCCC(C)(C)CC. The predicted octanol–water partition coefficient (Wildman–Crippen LogP) is 2.24. The van der Waals surface area contributed by atoms with Crippen LogP contribution in [0.15, 0.2) is 16.8 Å². The van der Waals surface area contributed by atoms with Gasteiger partial charge in [-0.25, -0.2) is 0 Å². The van der Waals surface area contributed by atoms with E-state index in [0.29, 0.717) is 6.42 Å². The molecular weight excluding hydrogens is 292 g/mol. The Bertz CT molecular complexity index is 430. The number of carbonyl (C=O) groups excluding carboxylic acids is 1. The summed E-state index contributed by atoms with van der Waals surface area (Å²) in [5.74, 6) is -0.433. The maximum atomic E-state index is 11.7. The summed E-state index contributed by atoms with van der Waals surface area (Å²) in [6.45, 7) is 11.2. The van der Waals surface area contributed by atoms with Crippen LogP contribution in [0.4, 0.5) is 0 Å². The lowest BCUT2D eigenvalue weighted by molar-refractivity contribution is -0.119. The van der Waals surface area contributed by atoms with Gasteiger partial charge in [-0.15, -0.1) is 0 Å². The molecule has 6 heteroatoms. The molecule has 0 saturated carbocycles. The topological polar surface area (TPSA) is 114 Å². The van der Waals surface area contributed by atoms with Gasteiger partial charge in [0.2, 0.25) is 0 Å². The highest BCUT2D eigenvalue weighted by atomic mass is 16.3. The molecule has 6 N–H and O–H groups in total. The summed E-state index contributed by atoms with van der Waals surface area (Å²) in [6.07, 6.45) is 4.79. The Morgan fingerprint density at radius 2 is 2.00 bits per heavy atom. The Morgan fingerprint density at radius 3 is 2.52 bits per heavy atom. The van der Waals surface area contributed by atoms with E-state index in [-0.39, 0.29) is 23.1 Å². The molecule has 0 rings (SSSR count). The van der Waals surface area contributed by atoms with Crippen molar-refractivity contribution in [3.63, 3.8) is 0 Å². The van der Waals surface area contributed by atoms with Crippen LogP contribution in [-0.2, 0) is 4.79 Å². The van der Waals surface area contributed by atoms with Gasteiger partial charge in [0, 0.05) is 6.08 Å². The molecule has 0 saturated heterocycles. The molecule has 6 nitrogen and oxygen atoms in total. The number of nitrogens with two attached hydrogens (primary N) is 2. The predicted molar refractivity (Wildman–Crippen MR) is 96.4 cm³/mol. The van der Waals surface area contributed by atoms with Gasteiger partial charge in [-0.1, -0.05) is 40.5 Å². The first-order valence-electron chi connectivity index (χ1n) is 8.40. The van der Waals surface area contributed by atoms with Crippen LogP contribution in [0, 0.1) is 5.41 Å². The van der Waals surface area contributed by atoms with Gasteiger partial charge in [-0.2, -0.15) is 4.99 Å². The van der Waals surface area contributed by atoms with E-state index in [1.165, 1.54) is 6.08 Å². The lowest BCUT2D eigenvalue weighted by atomic mass is 9.86. The van der Waals surface area contributed by atoms with Crippen molar-refractivity contribution in [2.45, 2.75) is 72.4 Å². The first-order valence-corrected chi connectivity index (χ1v) is 8.40. The number of aliphatic hydroxyl groups excluding tert-OH is 1. The van der Waals surface area contributed by atoms with Crippen molar-refractivity contribution in [3.05, 3.63) is 11.8 Å². The Kier molecular flexibility index (Phi) is 9.76. The monoisotopic (exact) mass is 326 g/mol. The van der Waals surface area contributed by atoms with Gasteiger partial charge in [0.1, 0.15) is 11.6 Å². The van der Waals surface area contributed by atoms with Crippen LogP contribution in [0.3, 0.4) is 0 Å². The number of hydrogen-bond donors (Lipinski definition) is 4. The second-order valence-electron chi connectivity index (χ2n) is 6.78. The van der Waals surface area contributed by atoms with Crippen molar-refractivity contribution < 1.29 is 9.90 Å². The van der Waals surface area contributed by atoms with Gasteiger partial charge < -0.3 is 21.9 Å². The van der Waals surface area contributed by atoms with E-state index in [0.717, 1.165) is 25.8 Å². The Balaban J connectivity index is 4.53. The van der Waals surface area contributed by atoms with Crippen molar-refractivity contribution in [3.8, 4) is 0 Å². The molecule has 1 amide bonds. The summed E-state index contributed by atoms with van der Waals surface area (Å²) >= 11 is 0. The van der Waals surface area contributed by atoms with E-state index >= 15 is 0 Å². The molecule has 23 heavy (non-hydrogen) atoms. The zero-order valence-electron chi connectivity index (χ0n) is 15.2. The van der Waals surface area contributed by atoms with Crippen molar-refractivity contribution in [1.82, 2.24) is 5.32 Å². The minimum Gasteiger partial charge on any atom is -0.511 e. The molecule has 0 aliphatic carbocycles. The molecule has 0 fully saturated rings. The Labute approximate surface area is 140 Å². The fourth-order valence-corrected chi connectivity index (χ4v) is 1.86. The third-order valence-corrected chi connectivity index (χ3v) is 4.10. The van der Waals surface area contributed by atoms with E-state index in [9.17, 15) is 9.90 Å². The van der Waals surface area contributed by atoms with Crippen molar-refractivity contribution in [1.29, 1.82) is 0 Å². The molecule has 0 spiro atoms. The van der Waals surface area contributed by atoms with E-state index < -0.39 is 11.9 Å². The molecule has 0 bridgehead atoms. The maximum absolute atomic E-state index is 11.7. The van der Waals surface area contributed by atoms with Crippen LogP contribution in [-0.4, -0.2) is 35.5 Å². The molecule has 0 aliphatic heterocycles. The smallest absolute Gasteiger partial charge is 0.264 e. The first kappa shape index (κ1) is 21.6. The zero-order valence-corrected chi connectivity index (χ0v) is 15.2. The van der Waals surface area contributed by atoms with Crippen LogP contribution in [0.25, 0.3) is 0 Å². The quantitative estimate of drug-likeness (QED) is 0.279. The molecule has 0 aliphatic rings. The van der Waals surface area contributed by atoms with Crippen molar-refractivity contribution in [2.75, 3.05) is 6.54 Å². The van der Waals surface area contributed by atoms with Gasteiger partial charge in [0.25, 0.3) is 5.91 Å². The number of carbonyl (C=O) groups is 1. The van der Waals surface area contributed by atoms with Crippen LogP contribution in [0.1, 0.15) is 60.3 Å². The highest BCUT2D eigenvalue weighted by Gasteiger charge is 2.16. The fraction of sp³-hybridized carbons (Fsp3) is 0.765. The molecule has 134 valence electrons. The van der Waals surface area contributed by atoms with Crippen LogP contribution >= 0.6 is 0 Å². The van der Waals surface area contributed by atoms with Crippen LogP contribution in [0.2, 0.25) is 0 Å². The zero-order chi connectivity index (χ0) is 18.0. The van der Waals surface area contributed by atoms with E-state index in [2.05, 4.69) is 31.1 Å². The largest absolute Gasteiger partial charge is 0.511 e. The summed E-state index contributed by atoms with van der Waals surface area (Å²) in [5.41, 5.74) is 11.6. The lowest BCUT2D eigenvalue weighted by Gasteiger charge is -2.23. The van der Waals surface area contributed by atoms with Crippen molar-refractivity contribution in [2.24, 2.45) is 21.9 Å². The molecule has 0 aromatic heterocycles. The molecular formula is C17H34N4O2. The fourth-order valence-electron chi connectivity index (χ4n) is 1.86. The minimum absolute atomic E-state index is 0.0263. The van der Waals surface area contributed by atoms with Crippen molar-refractivity contribution >= 4 is 11.7 Å². The van der Waals surface area contributed by atoms with Gasteiger partial charge in [0.05, 0.1) is 12.1 Å². The third-order valence-electron chi connectivity index (χ3n) is 4.10. The Morgan fingerprint density at radius 1 is 1.39 bits per heavy atom. The number of nitrogens with zero attached hydrogens (tertiary/aromatic N) is 1. The summed E-state index contributed by atoms with van der Waals surface area (Å²) in [5, 5.41) is 13.3. The average molecular weight is 326 g/mol.